The van der Waals surface area contributed by atoms with Crippen LogP contribution in [0.1, 0.15) is 34.0 Å². The maximum atomic E-state index is 11.8. The van der Waals surface area contributed by atoms with Crippen molar-refractivity contribution in [1.29, 1.82) is 0 Å². The van der Waals surface area contributed by atoms with E-state index in [1.54, 1.807) is 34.6 Å². The fourth-order valence-electron chi connectivity index (χ4n) is 2.24. The van der Waals surface area contributed by atoms with Crippen LogP contribution >= 0.6 is 22.7 Å². The molecule has 0 N–H and O–H groups in total. The summed E-state index contributed by atoms with van der Waals surface area (Å²) in [5.74, 6) is 0.00155. The van der Waals surface area contributed by atoms with Gasteiger partial charge in [-0.05, 0) is 30.5 Å². The number of amides is 1. The molecule has 5 heteroatoms. The predicted octanol–water partition coefficient (Wildman–Crippen LogP) is 3.82. The number of hydrogen-bond donors (Lipinski definition) is 0. The van der Waals surface area contributed by atoms with E-state index < -0.39 is 0 Å². The molecule has 0 spiro atoms. The second kappa shape index (κ2) is 4.90. The van der Waals surface area contributed by atoms with Gasteiger partial charge in [0.15, 0.2) is 0 Å². The zero-order valence-corrected chi connectivity index (χ0v) is 12.4. The lowest BCUT2D eigenvalue weighted by Crippen LogP contribution is -2.23. The molecule has 1 aliphatic rings. The van der Waals surface area contributed by atoms with Gasteiger partial charge in [0.1, 0.15) is 0 Å². The third kappa shape index (κ3) is 2.35. The molecular formula is C14H14N2OS2. The molecule has 1 atom stereocenters. The molecule has 3 nitrogen and oxygen atoms in total. The lowest BCUT2D eigenvalue weighted by atomic mass is 10.1. The van der Waals surface area contributed by atoms with Gasteiger partial charge < -0.3 is 0 Å². The summed E-state index contributed by atoms with van der Waals surface area (Å²) in [5, 5.41) is 8.19. The minimum Gasteiger partial charge on any atom is -0.273 e. The number of nitrogens with zero attached hydrogens (tertiary/aromatic N) is 2. The normalized spacial score (nSPS) is 18.7. The van der Waals surface area contributed by atoms with Crippen molar-refractivity contribution in [1.82, 2.24) is 5.01 Å². The van der Waals surface area contributed by atoms with E-state index in [1.807, 2.05) is 11.4 Å². The molecule has 2 aromatic rings. The highest BCUT2D eigenvalue weighted by atomic mass is 32.1. The third-order valence-electron chi connectivity index (χ3n) is 3.13. The minimum absolute atomic E-state index is 0.00155. The maximum Gasteiger partial charge on any atom is 0.240 e. The molecular weight excluding hydrogens is 276 g/mol. The zero-order chi connectivity index (χ0) is 13.4. The Morgan fingerprint density at radius 3 is 2.84 bits per heavy atom. The lowest BCUT2D eigenvalue weighted by molar-refractivity contribution is -0.130. The van der Waals surface area contributed by atoms with Gasteiger partial charge in [0.25, 0.3) is 0 Å². The van der Waals surface area contributed by atoms with Crippen molar-refractivity contribution in [2.75, 3.05) is 0 Å². The highest BCUT2D eigenvalue weighted by Gasteiger charge is 2.32. The summed E-state index contributed by atoms with van der Waals surface area (Å²) >= 11 is 3.41. The van der Waals surface area contributed by atoms with E-state index in [0.29, 0.717) is 0 Å². The monoisotopic (exact) mass is 290 g/mol. The minimum atomic E-state index is 0.00155. The Bertz CT molecular complexity index is 628. The molecule has 0 saturated carbocycles. The van der Waals surface area contributed by atoms with Crippen LogP contribution in [0.15, 0.2) is 34.7 Å². The number of aryl methyl sites for hydroxylation is 1. The average molecular weight is 290 g/mol. The first-order valence-corrected chi connectivity index (χ1v) is 7.82. The molecule has 3 rings (SSSR count). The van der Waals surface area contributed by atoms with Gasteiger partial charge in [-0.3, -0.25) is 4.79 Å². The van der Waals surface area contributed by atoms with E-state index in [9.17, 15) is 4.79 Å². The van der Waals surface area contributed by atoms with E-state index >= 15 is 0 Å². The molecule has 0 bridgehead atoms. The summed E-state index contributed by atoms with van der Waals surface area (Å²) in [6, 6.07) is 8.34. The van der Waals surface area contributed by atoms with Gasteiger partial charge in [-0.2, -0.15) is 5.10 Å². The summed E-state index contributed by atoms with van der Waals surface area (Å²) in [7, 11) is 0. The average Bonchev–Trinajstić information content (AvgIpc) is 3.07. The maximum absolute atomic E-state index is 11.8. The molecule has 1 aliphatic heterocycles. The van der Waals surface area contributed by atoms with E-state index in [0.717, 1.165) is 12.1 Å². The molecule has 0 radical (unpaired) electrons. The Balaban J connectivity index is 1.93. The Kier molecular flexibility index (Phi) is 3.24. The molecule has 0 aromatic carbocycles. The van der Waals surface area contributed by atoms with Crippen LogP contribution in [0.4, 0.5) is 0 Å². The predicted molar refractivity (Wildman–Crippen MR) is 79.8 cm³/mol. The highest BCUT2D eigenvalue weighted by molar-refractivity contribution is 7.14. The van der Waals surface area contributed by atoms with Crippen LogP contribution in [0.2, 0.25) is 0 Å². The summed E-state index contributed by atoms with van der Waals surface area (Å²) in [6.07, 6.45) is 0.806. The summed E-state index contributed by atoms with van der Waals surface area (Å²) < 4.78 is 0. The summed E-state index contributed by atoms with van der Waals surface area (Å²) in [6.45, 7) is 3.66. The fraction of sp³-hybridized carbons (Fsp3) is 0.286. The van der Waals surface area contributed by atoms with Crippen LogP contribution in [0.25, 0.3) is 0 Å². The van der Waals surface area contributed by atoms with Crippen molar-refractivity contribution in [2.24, 2.45) is 5.10 Å². The van der Waals surface area contributed by atoms with Crippen molar-refractivity contribution in [3.63, 3.8) is 0 Å². The first-order valence-electron chi connectivity index (χ1n) is 6.12. The van der Waals surface area contributed by atoms with Crippen LogP contribution < -0.4 is 0 Å². The lowest BCUT2D eigenvalue weighted by Gasteiger charge is -2.18. The van der Waals surface area contributed by atoms with Crippen molar-refractivity contribution < 1.29 is 4.79 Å². The number of hydrazone groups is 1. The molecule has 1 unspecified atom stereocenters. The van der Waals surface area contributed by atoms with Crippen molar-refractivity contribution in [3.8, 4) is 0 Å². The van der Waals surface area contributed by atoms with Gasteiger partial charge in [0.2, 0.25) is 5.91 Å². The summed E-state index contributed by atoms with van der Waals surface area (Å²) in [4.78, 5) is 15.4. The molecule has 3 heterocycles. The molecule has 0 aliphatic carbocycles. The first-order chi connectivity index (χ1) is 9.15. The van der Waals surface area contributed by atoms with Crippen LogP contribution in [0.3, 0.4) is 0 Å². The number of thiophene rings is 2. The number of rotatable bonds is 2. The second-order valence-electron chi connectivity index (χ2n) is 4.56. The third-order valence-corrected chi connectivity index (χ3v) is 5.15. The van der Waals surface area contributed by atoms with Gasteiger partial charge in [0, 0.05) is 23.1 Å². The van der Waals surface area contributed by atoms with Gasteiger partial charge in [0.05, 0.1) is 16.6 Å². The van der Waals surface area contributed by atoms with Crippen molar-refractivity contribution >= 4 is 34.3 Å². The SMILES string of the molecule is CC(=O)N1N=C(c2ccc(C)s2)CC1c1cccs1. The fourth-order valence-corrected chi connectivity index (χ4v) is 3.91. The van der Waals surface area contributed by atoms with E-state index in [1.165, 1.54) is 14.6 Å². The van der Waals surface area contributed by atoms with Crippen molar-refractivity contribution in [2.45, 2.75) is 26.3 Å². The summed E-state index contributed by atoms with van der Waals surface area (Å²) in [5.41, 5.74) is 1.02. The Morgan fingerprint density at radius 2 is 2.26 bits per heavy atom. The van der Waals surface area contributed by atoms with E-state index in [2.05, 4.69) is 30.2 Å². The smallest absolute Gasteiger partial charge is 0.240 e. The molecule has 19 heavy (non-hydrogen) atoms. The van der Waals surface area contributed by atoms with Crippen molar-refractivity contribution in [3.05, 3.63) is 44.3 Å². The largest absolute Gasteiger partial charge is 0.273 e. The zero-order valence-electron chi connectivity index (χ0n) is 10.8. The second-order valence-corrected chi connectivity index (χ2v) is 6.82. The molecule has 2 aromatic heterocycles. The quantitative estimate of drug-likeness (QED) is 0.827. The highest BCUT2D eigenvalue weighted by Crippen LogP contribution is 2.36. The van der Waals surface area contributed by atoms with Crippen LogP contribution in [-0.2, 0) is 4.79 Å². The van der Waals surface area contributed by atoms with Crippen LogP contribution in [0, 0.1) is 6.92 Å². The molecule has 0 fully saturated rings. The van der Waals surface area contributed by atoms with E-state index in [-0.39, 0.29) is 11.9 Å². The standard InChI is InChI=1S/C14H14N2OS2/c1-9-5-6-13(19-9)11-8-12(14-4-3-7-18-14)16(15-11)10(2)17/h3-7,12H,8H2,1-2H3. The number of carbonyl (C=O) groups is 1. The number of hydrogen-bond acceptors (Lipinski definition) is 4. The number of carbonyl (C=O) groups excluding carboxylic acids is 1. The van der Waals surface area contributed by atoms with Crippen LogP contribution in [-0.4, -0.2) is 16.6 Å². The Hall–Kier alpha value is -1.46. The van der Waals surface area contributed by atoms with Gasteiger partial charge >= 0.3 is 0 Å². The van der Waals surface area contributed by atoms with Gasteiger partial charge in [-0.25, -0.2) is 5.01 Å². The first kappa shape index (κ1) is 12.6. The topological polar surface area (TPSA) is 32.7 Å². The molecule has 98 valence electrons. The Labute approximate surface area is 120 Å². The van der Waals surface area contributed by atoms with Gasteiger partial charge in [-0.15, -0.1) is 22.7 Å². The Morgan fingerprint density at radius 1 is 1.42 bits per heavy atom. The van der Waals surface area contributed by atoms with Crippen LogP contribution in [0.5, 0.6) is 0 Å². The molecule has 1 amide bonds. The molecule has 0 saturated heterocycles. The van der Waals surface area contributed by atoms with E-state index in [4.69, 9.17) is 0 Å². The van der Waals surface area contributed by atoms with Gasteiger partial charge in [-0.1, -0.05) is 6.07 Å².